The van der Waals surface area contributed by atoms with E-state index in [1.165, 1.54) is 19.3 Å². The Balaban J connectivity index is 2.84. The van der Waals surface area contributed by atoms with Crippen LogP contribution in [-0.4, -0.2) is 25.3 Å². The van der Waals surface area contributed by atoms with Gasteiger partial charge in [0.15, 0.2) is 9.04 Å². The summed E-state index contributed by atoms with van der Waals surface area (Å²) < 4.78 is 6.39. The molecule has 1 aliphatic rings. The lowest BCUT2D eigenvalue weighted by Crippen LogP contribution is -2.50. The molecule has 0 aromatic heterocycles. The maximum absolute atomic E-state index is 10.8. The molecule has 0 radical (unpaired) electrons. The van der Waals surface area contributed by atoms with Gasteiger partial charge in [0.1, 0.15) is 0 Å². The van der Waals surface area contributed by atoms with Gasteiger partial charge in [0.05, 0.1) is 11.2 Å². The van der Waals surface area contributed by atoms with E-state index in [2.05, 4.69) is 33.9 Å². The lowest BCUT2D eigenvalue weighted by Gasteiger charge is -2.47. The monoisotopic (exact) mass is 272 g/mol. The molecule has 0 aliphatic heterocycles. The summed E-state index contributed by atoms with van der Waals surface area (Å²) in [5, 5.41) is 10.8. The zero-order chi connectivity index (χ0) is 14.0. The van der Waals surface area contributed by atoms with E-state index in [0.29, 0.717) is 0 Å². The van der Waals surface area contributed by atoms with Gasteiger partial charge in [0.2, 0.25) is 0 Å². The molecule has 0 amide bonds. The Labute approximate surface area is 115 Å². The van der Waals surface area contributed by atoms with Crippen LogP contribution in [0.15, 0.2) is 0 Å². The summed E-state index contributed by atoms with van der Waals surface area (Å²) >= 11 is 0. The second-order valence-corrected chi connectivity index (χ2v) is 9.94. The third-order valence-electron chi connectivity index (χ3n) is 4.53. The molecule has 3 heteroatoms. The molecule has 1 unspecified atom stereocenters. The molecule has 0 saturated heterocycles. The van der Waals surface area contributed by atoms with Crippen LogP contribution < -0.4 is 0 Å². The molecule has 18 heavy (non-hydrogen) atoms. The smallest absolute Gasteiger partial charge is 0.171 e. The Morgan fingerprint density at radius 3 is 1.94 bits per heavy atom. The molecular formula is C15H32O2Si. The summed E-state index contributed by atoms with van der Waals surface area (Å²) in [5.41, 5.74) is -0.803. The van der Waals surface area contributed by atoms with Crippen LogP contribution in [0.1, 0.15) is 66.2 Å². The Bertz CT molecular complexity index is 260. The van der Waals surface area contributed by atoms with Gasteiger partial charge in [0.25, 0.3) is 0 Å². The van der Waals surface area contributed by atoms with Crippen LogP contribution in [0.25, 0.3) is 0 Å². The van der Waals surface area contributed by atoms with Crippen molar-refractivity contribution in [3.63, 3.8) is 0 Å². The number of hydrogen-bond acceptors (Lipinski definition) is 2. The van der Waals surface area contributed by atoms with Crippen molar-refractivity contribution < 1.29 is 9.53 Å². The predicted molar refractivity (Wildman–Crippen MR) is 80.5 cm³/mol. The first kappa shape index (κ1) is 16.2. The molecular weight excluding hydrogens is 240 g/mol. The van der Waals surface area contributed by atoms with Crippen molar-refractivity contribution >= 4 is 9.04 Å². The molecule has 1 atom stereocenters. The lowest BCUT2D eigenvalue weighted by molar-refractivity contribution is -0.110. The van der Waals surface area contributed by atoms with E-state index in [4.69, 9.17) is 4.43 Å². The zero-order valence-corrected chi connectivity index (χ0v) is 14.3. The fraction of sp³-hybridized carbons (Fsp3) is 1.00. The highest BCUT2D eigenvalue weighted by Gasteiger charge is 2.45. The SMILES string of the molecule is C[SiH](C)OC1(CC(C)(O)C(C)(C)C)CCCCC1. The van der Waals surface area contributed by atoms with E-state index in [1.54, 1.807) is 0 Å². The van der Waals surface area contributed by atoms with E-state index in [0.717, 1.165) is 19.3 Å². The van der Waals surface area contributed by atoms with Crippen LogP contribution in [0.5, 0.6) is 0 Å². The normalized spacial score (nSPS) is 24.0. The Morgan fingerprint density at radius 2 is 1.56 bits per heavy atom. The van der Waals surface area contributed by atoms with Gasteiger partial charge in [-0.15, -0.1) is 0 Å². The molecule has 0 spiro atoms. The van der Waals surface area contributed by atoms with Crippen molar-refractivity contribution in [1.82, 2.24) is 0 Å². The average molecular weight is 273 g/mol. The fourth-order valence-corrected chi connectivity index (χ4v) is 4.24. The summed E-state index contributed by atoms with van der Waals surface area (Å²) in [6.45, 7) is 12.8. The zero-order valence-electron chi connectivity index (χ0n) is 13.2. The Kier molecular flexibility index (Phi) is 5.07. The topological polar surface area (TPSA) is 29.5 Å². The van der Waals surface area contributed by atoms with Crippen LogP contribution in [-0.2, 0) is 4.43 Å². The Hall–Kier alpha value is 0.137. The molecule has 1 rings (SSSR count). The number of hydrogen-bond donors (Lipinski definition) is 1. The lowest BCUT2D eigenvalue weighted by atomic mass is 9.68. The third kappa shape index (κ3) is 4.07. The van der Waals surface area contributed by atoms with Crippen molar-refractivity contribution in [2.45, 2.75) is 90.5 Å². The van der Waals surface area contributed by atoms with E-state index in [1.807, 2.05) is 6.92 Å². The Morgan fingerprint density at radius 1 is 1.06 bits per heavy atom. The van der Waals surface area contributed by atoms with Crippen LogP contribution in [0.3, 0.4) is 0 Å². The highest BCUT2D eigenvalue weighted by Crippen LogP contribution is 2.43. The number of aliphatic hydroxyl groups is 1. The first-order chi connectivity index (χ1) is 8.08. The molecule has 1 fully saturated rings. The summed E-state index contributed by atoms with van der Waals surface area (Å²) in [6.07, 6.45) is 6.87. The van der Waals surface area contributed by atoms with E-state index < -0.39 is 14.6 Å². The van der Waals surface area contributed by atoms with Gasteiger partial charge in [-0.25, -0.2) is 0 Å². The first-order valence-corrected chi connectivity index (χ1v) is 10.3. The molecule has 0 aromatic carbocycles. The van der Waals surface area contributed by atoms with Gasteiger partial charge in [-0.3, -0.25) is 0 Å². The minimum absolute atomic E-state index is 0.0462. The molecule has 108 valence electrons. The van der Waals surface area contributed by atoms with Crippen LogP contribution in [0, 0.1) is 5.41 Å². The second-order valence-electron chi connectivity index (χ2n) is 7.61. The minimum atomic E-state index is -1.07. The highest BCUT2D eigenvalue weighted by atomic mass is 28.3. The molecule has 0 bridgehead atoms. The maximum Gasteiger partial charge on any atom is 0.171 e. The predicted octanol–water partition coefficient (Wildman–Crippen LogP) is 3.88. The largest absolute Gasteiger partial charge is 0.415 e. The molecule has 0 heterocycles. The minimum Gasteiger partial charge on any atom is -0.415 e. The van der Waals surface area contributed by atoms with Crippen molar-refractivity contribution in [2.75, 3.05) is 0 Å². The van der Waals surface area contributed by atoms with Crippen LogP contribution in [0.4, 0.5) is 0 Å². The first-order valence-electron chi connectivity index (χ1n) is 7.48. The fourth-order valence-electron chi connectivity index (χ4n) is 2.92. The quantitative estimate of drug-likeness (QED) is 0.787. The van der Waals surface area contributed by atoms with Crippen molar-refractivity contribution in [3.8, 4) is 0 Å². The van der Waals surface area contributed by atoms with Crippen LogP contribution >= 0.6 is 0 Å². The summed E-state index contributed by atoms with van der Waals surface area (Å²) in [7, 11) is -1.07. The van der Waals surface area contributed by atoms with Crippen molar-refractivity contribution in [1.29, 1.82) is 0 Å². The standard InChI is InChI=1S/C15H32O2Si/c1-13(2,3)14(4,16)12-15(17-18(5)6)10-8-7-9-11-15/h16,18H,7-12H2,1-6H3. The summed E-state index contributed by atoms with van der Waals surface area (Å²) in [4.78, 5) is 0. The average Bonchev–Trinajstić information content (AvgIpc) is 2.14. The number of rotatable bonds is 4. The van der Waals surface area contributed by atoms with Crippen molar-refractivity contribution in [2.24, 2.45) is 5.41 Å². The molecule has 1 saturated carbocycles. The summed E-state index contributed by atoms with van der Waals surface area (Å²) in [6, 6.07) is 0. The summed E-state index contributed by atoms with van der Waals surface area (Å²) in [5.74, 6) is 0. The second kappa shape index (κ2) is 5.64. The van der Waals surface area contributed by atoms with E-state index >= 15 is 0 Å². The highest BCUT2D eigenvalue weighted by molar-refractivity contribution is 6.48. The molecule has 1 aliphatic carbocycles. The van der Waals surface area contributed by atoms with Gasteiger partial charge < -0.3 is 9.53 Å². The maximum atomic E-state index is 10.8. The van der Waals surface area contributed by atoms with E-state index in [-0.39, 0.29) is 11.0 Å². The van der Waals surface area contributed by atoms with Gasteiger partial charge in [-0.2, -0.15) is 0 Å². The van der Waals surface area contributed by atoms with Gasteiger partial charge in [-0.05, 0) is 38.3 Å². The molecule has 1 N–H and O–H groups in total. The van der Waals surface area contributed by atoms with Gasteiger partial charge in [0, 0.05) is 6.42 Å². The van der Waals surface area contributed by atoms with Crippen LogP contribution in [0.2, 0.25) is 13.1 Å². The molecule has 2 nitrogen and oxygen atoms in total. The van der Waals surface area contributed by atoms with Gasteiger partial charge in [-0.1, -0.05) is 40.0 Å². The molecule has 0 aromatic rings. The van der Waals surface area contributed by atoms with Crippen molar-refractivity contribution in [3.05, 3.63) is 0 Å². The van der Waals surface area contributed by atoms with E-state index in [9.17, 15) is 5.11 Å². The van der Waals surface area contributed by atoms with Gasteiger partial charge >= 0.3 is 0 Å². The third-order valence-corrected chi connectivity index (χ3v) is 5.50.